The van der Waals surface area contributed by atoms with Gasteiger partial charge in [-0.3, -0.25) is 4.99 Å². The standard InChI is InChI=1S/C24H36N6O/c1-5-29-11-13-30(14-12-29)23-16-21(9-10-26-23)18-28-24(25-4)27-17-20(3)31-22-8-6-7-19(2)15-22/h6-10,15-16,20H,5,11-14,17-18H2,1-4H3,(H2,25,27,28). The number of rotatable bonds is 8. The minimum Gasteiger partial charge on any atom is -0.489 e. The highest BCUT2D eigenvalue weighted by atomic mass is 16.5. The van der Waals surface area contributed by atoms with Crippen molar-refractivity contribution in [2.24, 2.45) is 4.99 Å². The Morgan fingerprint density at radius 3 is 2.68 bits per heavy atom. The Labute approximate surface area is 186 Å². The van der Waals surface area contributed by atoms with Crippen LogP contribution in [0.1, 0.15) is 25.0 Å². The summed E-state index contributed by atoms with van der Waals surface area (Å²) in [7, 11) is 1.78. The average molecular weight is 425 g/mol. The summed E-state index contributed by atoms with van der Waals surface area (Å²) >= 11 is 0. The molecule has 0 amide bonds. The fourth-order valence-corrected chi connectivity index (χ4v) is 3.65. The van der Waals surface area contributed by atoms with Gasteiger partial charge in [0.15, 0.2) is 5.96 Å². The summed E-state index contributed by atoms with van der Waals surface area (Å²) in [5, 5.41) is 6.74. The molecule has 1 aliphatic heterocycles. The molecule has 31 heavy (non-hydrogen) atoms. The molecule has 2 aromatic rings. The number of piperazine rings is 1. The first-order valence-corrected chi connectivity index (χ1v) is 11.2. The summed E-state index contributed by atoms with van der Waals surface area (Å²) in [6, 6.07) is 12.3. The lowest BCUT2D eigenvalue weighted by Gasteiger charge is -2.34. The molecule has 1 saturated heterocycles. The number of aromatic nitrogens is 1. The summed E-state index contributed by atoms with van der Waals surface area (Å²) in [6.45, 7) is 13.1. The van der Waals surface area contributed by atoms with Gasteiger partial charge in [0.05, 0.1) is 6.54 Å². The Hall–Kier alpha value is -2.80. The topological polar surface area (TPSA) is 65.0 Å². The molecule has 0 saturated carbocycles. The van der Waals surface area contributed by atoms with E-state index in [0.717, 1.165) is 50.3 Å². The molecule has 2 heterocycles. The van der Waals surface area contributed by atoms with Crippen molar-refractivity contribution in [3.05, 3.63) is 53.7 Å². The number of ether oxygens (including phenoxy) is 1. The normalized spacial score (nSPS) is 16.1. The number of likely N-dealkylation sites (N-methyl/N-ethyl adjacent to an activating group) is 1. The van der Waals surface area contributed by atoms with Crippen LogP contribution in [0.15, 0.2) is 47.6 Å². The number of pyridine rings is 1. The number of benzene rings is 1. The first-order chi connectivity index (χ1) is 15.1. The van der Waals surface area contributed by atoms with Gasteiger partial charge in [-0.15, -0.1) is 0 Å². The third-order valence-electron chi connectivity index (χ3n) is 5.52. The zero-order valence-electron chi connectivity index (χ0n) is 19.3. The number of hydrogen-bond donors (Lipinski definition) is 2. The lowest BCUT2D eigenvalue weighted by atomic mass is 10.2. The van der Waals surface area contributed by atoms with Gasteiger partial charge in [0.1, 0.15) is 17.7 Å². The number of aryl methyl sites for hydroxylation is 1. The van der Waals surface area contributed by atoms with E-state index in [-0.39, 0.29) is 6.10 Å². The largest absolute Gasteiger partial charge is 0.489 e. The van der Waals surface area contributed by atoms with E-state index in [0.29, 0.717) is 13.1 Å². The Morgan fingerprint density at radius 2 is 1.97 bits per heavy atom. The monoisotopic (exact) mass is 424 g/mol. The van der Waals surface area contributed by atoms with Gasteiger partial charge >= 0.3 is 0 Å². The third-order valence-corrected chi connectivity index (χ3v) is 5.52. The van der Waals surface area contributed by atoms with E-state index in [9.17, 15) is 0 Å². The maximum absolute atomic E-state index is 5.99. The van der Waals surface area contributed by atoms with E-state index in [1.54, 1.807) is 7.05 Å². The van der Waals surface area contributed by atoms with Crippen LogP contribution in [-0.2, 0) is 6.54 Å². The van der Waals surface area contributed by atoms with E-state index >= 15 is 0 Å². The summed E-state index contributed by atoms with van der Waals surface area (Å²) < 4.78 is 5.99. The zero-order chi connectivity index (χ0) is 22.1. The van der Waals surface area contributed by atoms with Crippen LogP contribution in [0.3, 0.4) is 0 Å². The Balaban J connectivity index is 1.46. The van der Waals surface area contributed by atoms with Crippen molar-refractivity contribution in [3.8, 4) is 5.75 Å². The van der Waals surface area contributed by atoms with Crippen LogP contribution >= 0.6 is 0 Å². The Kier molecular flexibility index (Phi) is 8.53. The molecular formula is C24H36N6O. The minimum absolute atomic E-state index is 0.0228. The van der Waals surface area contributed by atoms with E-state index in [1.807, 2.05) is 24.4 Å². The number of nitrogens with zero attached hydrogens (tertiary/aromatic N) is 4. The fourth-order valence-electron chi connectivity index (χ4n) is 3.65. The Morgan fingerprint density at radius 1 is 1.16 bits per heavy atom. The average Bonchev–Trinajstić information content (AvgIpc) is 2.79. The molecule has 7 nitrogen and oxygen atoms in total. The van der Waals surface area contributed by atoms with Gasteiger partial charge in [-0.25, -0.2) is 4.98 Å². The first kappa shape index (κ1) is 22.9. The van der Waals surface area contributed by atoms with Crippen LogP contribution in [0.2, 0.25) is 0 Å². The SMILES string of the molecule is CCN1CCN(c2cc(CNC(=NC)NCC(C)Oc3cccc(C)c3)ccn2)CC1. The second kappa shape index (κ2) is 11.6. The molecule has 0 aliphatic carbocycles. The van der Waals surface area contributed by atoms with Crippen LogP contribution in [0.5, 0.6) is 5.75 Å². The molecule has 1 aliphatic rings. The highest BCUT2D eigenvalue weighted by molar-refractivity contribution is 5.79. The molecule has 3 rings (SSSR count). The van der Waals surface area contributed by atoms with Gasteiger partial charge in [0.2, 0.25) is 0 Å². The predicted molar refractivity (Wildman–Crippen MR) is 128 cm³/mol. The highest BCUT2D eigenvalue weighted by Crippen LogP contribution is 2.15. The lowest BCUT2D eigenvalue weighted by Crippen LogP contribution is -2.46. The molecule has 0 bridgehead atoms. The maximum Gasteiger partial charge on any atom is 0.191 e. The van der Waals surface area contributed by atoms with Crippen LogP contribution in [0.4, 0.5) is 5.82 Å². The van der Waals surface area contributed by atoms with Crippen molar-refractivity contribution in [2.45, 2.75) is 33.4 Å². The first-order valence-electron chi connectivity index (χ1n) is 11.2. The quantitative estimate of drug-likeness (QED) is 0.502. The van der Waals surface area contributed by atoms with Crippen LogP contribution in [0.25, 0.3) is 0 Å². The maximum atomic E-state index is 5.99. The molecule has 1 aromatic carbocycles. The second-order valence-corrected chi connectivity index (χ2v) is 8.00. The summed E-state index contributed by atoms with van der Waals surface area (Å²) in [4.78, 5) is 13.8. The van der Waals surface area contributed by atoms with Gasteiger partial charge in [-0.05, 0) is 55.8 Å². The van der Waals surface area contributed by atoms with Gasteiger partial charge in [0, 0.05) is 46.0 Å². The van der Waals surface area contributed by atoms with E-state index in [2.05, 4.69) is 69.4 Å². The van der Waals surface area contributed by atoms with E-state index in [4.69, 9.17) is 4.74 Å². The molecule has 7 heteroatoms. The fraction of sp³-hybridized carbons (Fsp3) is 0.500. The molecule has 0 radical (unpaired) electrons. The molecule has 0 spiro atoms. The number of guanidine groups is 1. The molecule has 2 N–H and O–H groups in total. The summed E-state index contributed by atoms with van der Waals surface area (Å²) in [5.74, 6) is 2.70. The van der Waals surface area contributed by atoms with Crippen molar-refractivity contribution < 1.29 is 4.74 Å². The molecule has 1 unspecified atom stereocenters. The van der Waals surface area contributed by atoms with Gasteiger partial charge < -0.3 is 25.2 Å². The van der Waals surface area contributed by atoms with E-state index < -0.39 is 0 Å². The summed E-state index contributed by atoms with van der Waals surface area (Å²) in [6.07, 6.45) is 1.92. The molecule has 1 fully saturated rings. The van der Waals surface area contributed by atoms with Crippen molar-refractivity contribution in [1.29, 1.82) is 0 Å². The van der Waals surface area contributed by atoms with Crippen LogP contribution in [0, 0.1) is 6.92 Å². The van der Waals surface area contributed by atoms with Crippen molar-refractivity contribution in [3.63, 3.8) is 0 Å². The smallest absolute Gasteiger partial charge is 0.191 e. The van der Waals surface area contributed by atoms with Gasteiger partial charge in [-0.2, -0.15) is 0 Å². The van der Waals surface area contributed by atoms with Crippen LogP contribution in [-0.4, -0.2) is 68.3 Å². The zero-order valence-corrected chi connectivity index (χ0v) is 19.3. The van der Waals surface area contributed by atoms with Crippen LogP contribution < -0.4 is 20.3 Å². The molecule has 1 atom stereocenters. The van der Waals surface area contributed by atoms with Crippen molar-refractivity contribution in [2.75, 3.05) is 51.2 Å². The van der Waals surface area contributed by atoms with Gasteiger partial charge in [0.25, 0.3) is 0 Å². The minimum atomic E-state index is 0.0228. The number of hydrogen-bond acceptors (Lipinski definition) is 5. The molecular weight excluding hydrogens is 388 g/mol. The highest BCUT2D eigenvalue weighted by Gasteiger charge is 2.17. The molecule has 1 aromatic heterocycles. The number of nitrogens with one attached hydrogen (secondary N) is 2. The van der Waals surface area contributed by atoms with E-state index in [1.165, 1.54) is 11.1 Å². The molecule has 168 valence electrons. The third kappa shape index (κ3) is 7.14. The number of anilines is 1. The summed E-state index contributed by atoms with van der Waals surface area (Å²) in [5.41, 5.74) is 2.38. The predicted octanol–water partition coefficient (Wildman–Crippen LogP) is 2.66. The van der Waals surface area contributed by atoms with Crippen molar-refractivity contribution in [1.82, 2.24) is 20.5 Å². The van der Waals surface area contributed by atoms with Gasteiger partial charge in [-0.1, -0.05) is 19.1 Å². The lowest BCUT2D eigenvalue weighted by molar-refractivity contribution is 0.223. The van der Waals surface area contributed by atoms with Crippen molar-refractivity contribution >= 4 is 11.8 Å². The number of aliphatic imine (C=N–C) groups is 1. The second-order valence-electron chi connectivity index (χ2n) is 8.00. The Bertz CT molecular complexity index is 847.